The molecule has 2 heterocycles. The van der Waals surface area contributed by atoms with Crippen LogP contribution in [0.25, 0.3) is 11.0 Å². The van der Waals surface area contributed by atoms with Crippen LogP contribution in [0, 0.1) is 0 Å². The minimum atomic E-state index is -0.417. The number of nitrogens with zero attached hydrogens (tertiary/aromatic N) is 3. The zero-order chi connectivity index (χ0) is 15.2. The highest BCUT2D eigenvalue weighted by Crippen LogP contribution is 2.41. The third-order valence-electron chi connectivity index (χ3n) is 4.57. The molecule has 2 aromatic rings. The van der Waals surface area contributed by atoms with Crippen LogP contribution in [-0.4, -0.2) is 17.6 Å². The molecule has 1 fully saturated rings. The first-order chi connectivity index (χ1) is 10.7. The summed E-state index contributed by atoms with van der Waals surface area (Å²) in [7, 11) is 0. The zero-order valence-electron chi connectivity index (χ0n) is 12.3. The van der Waals surface area contributed by atoms with Crippen LogP contribution in [0.4, 0.5) is 5.69 Å². The van der Waals surface area contributed by atoms with E-state index in [0.717, 1.165) is 42.3 Å². The summed E-state index contributed by atoms with van der Waals surface area (Å²) in [6.07, 6.45) is 6.99. The van der Waals surface area contributed by atoms with Crippen molar-refractivity contribution >= 4 is 28.6 Å². The van der Waals surface area contributed by atoms with Gasteiger partial charge in [-0.2, -0.15) is 4.99 Å². The molecule has 1 aliphatic heterocycles. The molecule has 114 valence electrons. The van der Waals surface area contributed by atoms with Gasteiger partial charge in [-0.3, -0.25) is 4.90 Å². The second-order valence-electron chi connectivity index (χ2n) is 5.93. The van der Waals surface area contributed by atoms with Crippen LogP contribution in [0.1, 0.15) is 32.1 Å². The first-order valence-electron chi connectivity index (χ1n) is 7.66. The molecule has 0 bridgehead atoms. The number of hydrogen-bond donors (Lipinski definition) is 2. The van der Waals surface area contributed by atoms with E-state index in [-0.39, 0.29) is 5.96 Å². The van der Waals surface area contributed by atoms with E-state index in [9.17, 15) is 0 Å². The molecule has 6 nitrogen and oxygen atoms in total. The summed E-state index contributed by atoms with van der Waals surface area (Å²) >= 11 is 0. The number of anilines is 1. The number of fused-ring (bicyclic) bond motifs is 1. The van der Waals surface area contributed by atoms with Gasteiger partial charge in [-0.05, 0) is 43.9 Å². The summed E-state index contributed by atoms with van der Waals surface area (Å²) in [6.45, 7) is 0. The molecule has 1 aromatic carbocycles. The lowest BCUT2D eigenvalue weighted by molar-refractivity contribution is 0.306. The molecular weight excluding hydrogens is 278 g/mol. The molecule has 0 saturated heterocycles. The molecule has 22 heavy (non-hydrogen) atoms. The SMILES string of the molecule is NC1=NC2(CCCCC2)N(c2cccc3occc23)C(N)=N1. The van der Waals surface area contributed by atoms with Crippen molar-refractivity contribution in [3.63, 3.8) is 0 Å². The molecule has 0 unspecified atom stereocenters. The van der Waals surface area contributed by atoms with Crippen LogP contribution in [-0.2, 0) is 0 Å². The molecule has 2 aliphatic rings. The van der Waals surface area contributed by atoms with Gasteiger partial charge in [0, 0.05) is 5.39 Å². The lowest BCUT2D eigenvalue weighted by atomic mass is 9.87. The minimum absolute atomic E-state index is 0.273. The van der Waals surface area contributed by atoms with Crippen LogP contribution in [0.3, 0.4) is 0 Å². The third kappa shape index (κ3) is 1.87. The van der Waals surface area contributed by atoms with Gasteiger partial charge in [-0.15, -0.1) is 0 Å². The number of rotatable bonds is 1. The highest BCUT2D eigenvalue weighted by Gasteiger charge is 2.43. The molecular formula is C16H19N5O. The maximum absolute atomic E-state index is 6.25. The Hall–Kier alpha value is -2.50. The zero-order valence-corrected chi connectivity index (χ0v) is 12.3. The van der Waals surface area contributed by atoms with Crippen molar-refractivity contribution in [2.24, 2.45) is 21.5 Å². The van der Waals surface area contributed by atoms with Gasteiger partial charge in [-0.25, -0.2) is 4.99 Å². The molecule has 0 atom stereocenters. The molecule has 0 amide bonds. The normalized spacial score (nSPS) is 21.0. The maximum Gasteiger partial charge on any atom is 0.220 e. The monoisotopic (exact) mass is 297 g/mol. The molecule has 6 heteroatoms. The van der Waals surface area contributed by atoms with Crippen LogP contribution < -0.4 is 16.4 Å². The van der Waals surface area contributed by atoms with Crippen LogP contribution in [0.15, 0.2) is 44.9 Å². The number of nitrogens with two attached hydrogens (primary N) is 2. The van der Waals surface area contributed by atoms with Gasteiger partial charge in [0.2, 0.25) is 11.9 Å². The van der Waals surface area contributed by atoms with E-state index in [0.29, 0.717) is 5.96 Å². The predicted octanol–water partition coefficient (Wildman–Crippen LogP) is 2.54. The molecule has 1 aromatic heterocycles. The van der Waals surface area contributed by atoms with Crippen molar-refractivity contribution in [3.05, 3.63) is 30.5 Å². The second kappa shape index (κ2) is 4.76. The van der Waals surface area contributed by atoms with E-state index >= 15 is 0 Å². The summed E-state index contributed by atoms with van der Waals surface area (Å²) < 4.78 is 5.51. The summed E-state index contributed by atoms with van der Waals surface area (Å²) in [4.78, 5) is 10.9. The van der Waals surface area contributed by atoms with E-state index in [2.05, 4.69) is 4.99 Å². The molecule has 1 saturated carbocycles. The average Bonchev–Trinajstić information content (AvgIpc) is 2.96. The first-order valence-corrected chi connectivity index (χ1v) is 7.66. The van der Waals surface area contributed by atoms with E-state index in [1.165, 1.54) is 6.42 Å². The Balaban J connectivity index is 1.91. The Morgan fingerprint density at radius 2 is 1.91 bits per heavy atom. The van der Waals surface area contributed by atoms with Crippen molar-refractivity contribution < 1.29 is 4.42 Å². The molecule has 4 N–H and O–H groups in total. The second-order valence-corrected chi connectivity index (χ2v) is 5.93. The summed E-state index contributed by atoms with van der Waals surface area (Å²) in [5.74, 6) is 0.679. The first kappa shape index (κ1) is 13.2. The van der Waals surface area contributed by atoms with Gasteiger partial charge in [0.15, 0.2) is 0 Å². The number of aliphatic imine (C=N–C) groups is 2. The smallest absolute Gasteiger partial charge is 0.220 e. The Morgan fingerprint density at radius 3 is 2.73 bits per heavy atom. The van der Waals surface area contributed by atoms with Gasteiger partial charge in [0.1, 0.15) is 11.2 Å². The van der Waals surface area contributed by atoms with Crippen LogP contribution >= 0.6 is 0 Å². The Kier molecular flexibility index (Phi) is 2.85. The van der Waals surface area contributed by atoms with E-state index in [1.54, 1.807) is 6.26 Å². The van der Waals surface area contributed by atoms with Crippen LogP contribution in [0.5, 0.6) is 0 Å². The van der Waals surface area contributed by atoms with E-state index < -0.39 is 5.66 Å². The van der Waals surface area contributed by atoms with Gasteiger partial charge in [0.25, 0.3) is 0 Å². The summed E-state index contributed by atoms with van der Waals surface area (Å²) in [5, 5.41) is 1.02. The quantitative estimate of drug-likeness (QED) is 0.846. The molecule has 4 rings (SSSR count). The van der Waals surface area contributed by atoms with Crippen molar-refractivity contribution in [1.82, 2.24) is 0 Å². The average molecular weight is 297 g/mol. The van der Waals surface area contributed by atoms with Gasteiger partial charge in [-0.1, -0.05) is 12.5 Å². The van der Waals surface area contributed by atoms with Gasteiger partial charge < -0.3 is 15.9 Å². The summed E-state index contributed by atoms with van der Waals surface area (Å²) in [6, 6.07) is 7.90. The topological polar surface area (TPSA) is 93.1 Å². The Morgan fingerprint density at radius 1 is 1.09 bits per heavy atom. The van der Waals surface area contributed by atoms with E-state index in [4.69, 9.17) is 20.9 Å². The lowest BCUT2D eigenvalue weighted by Gasteiger charge is -2.45. The lowest BCUT2D eigenvalue weighted by Crippen LogP contribution is -2.58. The van der Waals surface area contributed by atoms with E-state index in [1.807, 2.05) is 29.2 Å². The number of guanidine groups is 2. The maximum atomic E-state index is 6.25. The van der Waals surface area contributed by atoms with Crippen molar-refractivity contribution in [2.75, 3.05) is 4.90 Å². The third-order valence-corrected chi connectivity index (χ3v) is 4.57. The van der Waals surface area contributed by atoms with Crippen molar-refractivity contribution in [3.8, 4) is 0 Å². The fourth-order valence-corrected chi connectivity index (χ4v) is 3.64. The molecule has 0 radical (unpaired) electrons. The van der Waals surface area contributed by atoms with Gasteiger partial charge >= 0.3 is 0 Å². The van der Waals surface area contributed by atoms with Crippen LogP contribution in [0.2, 0.25) is 0 Å². The number of benzene rings is 1. The number of hydrogen-bond acceptors (Lipinski definition) is 6. The summed E-state index contributed by atoms with van der Waals surface area (Å²) in [5.41, 5.74) is 13.5. The Bertz CT molecular complexity index is 770. The van der Waals surface area contributed by atoms with Crippen molar-refractivity contribution in [2.45, 2.75) is 37.8 Å². The number of furan rings is 1. The fraction of sp³-hybridized carbons (Fsp3) is 0.375. The van der Waals surface area contributed by atoms with Crippen molar-refractivity contribution in [1.29, 1.82) is 0 Å². The largest absolute Gasteiger partial charge is 0.464 e. The predicted molar refractivity (Wildman–Crippen MR) is 87.8 cm³/mol. The molecule has 1 aliphatic carbocycles. The highest BCUT2D eigenvalue weighted by molar-refractivity contribution is 6.09. The highest BCUT2D eigenvalue weighted by atomic mass is 16.3. The van der Waals surface area contributed by atoms with Gasteiger partial charge in [0.05, 0.1) is 12.0 Å². The standard InChI is InChI=1S/C16H19N5O/c17-14-19-15(18)21(16(20-14)8-2-1-3-9-16)12-5-4-6-13-11(12)7-10-22-13/h4-7,10H,1-3,8-9H2,(H4,17,18,19,20). The minimum Gasteiger partial charge on any atom is -0.464 e. The fourth-order valence-electron chi connectivity index (χ4n) is 3.64. The Labute approximate surface area is 128 Å². The molecule has 1 spiro atoms.